The Hall–Kier alpha value is -3.79. The van der Waals surface area contributed by atoms with Gasteiger partial charge >= 0.3 is 11.9 Å². The number of hydrogen-bond acceptors (Lipinski definition) is 9. The van der Waals surface area contributed by atoms with Crippen molar-refractivity contribution in [1.82, 2.24) is 16.0 Å². The van der Waals surface area contributed by atoms with E-state index in [4.69, 9.17) is 27.4 Å². The number of primary amides is 2. The van der Waals surface area contributed by atoms with Crippen molar-refractivity contribution >= 4 is 41.5 Å². The molecular formula is C17H28N6O10. The van der Waals surface area contributed by atoms with E-state index in [1.54, 1.807) is 0 Å². The van der Waals surface area contributed by atoms with Crippen LogP contribution in [0.4, 0.5) is 0 Å². The van der Waals surface area contributed by atoms with Crippen LogP contribution < -0.4 is 33.2 Å². The van der Waals surface area contributed by atoms with Crippen LogP contribution in [0.2, 0.25) is 0 Å². The van der Waals surface area contributed by atoms with Gasteiger partial charge < -0.3 is 48.5 Å². The van der Waals surface area contributed by atoms with Crippen LogP contribution in [-0.2, 0) is 33.6 Å². The van der Waals surface area contributed by atoms with Crippen molar-refractivity contribution in [3.8, 4) is 0 Å². The van der Waals surface area contributed by atoms with Crippen LogP contribution >= 0.6 is 0 Å². The minimum Gasteiger partial charge on any atom is -0.481 e. The summed E-state index contributed by atoms with van der Waals surface area (Å²) in [6.45, 7) is -1.01. The molecule has 16 nitrogen and oxygen atoms in total. The van der Waals surface area contributed by atoms with Crippen molar-refractivity contribution in [1.29, 1.82) is 0 Å². The van der Waals surface area contributed by atoms with Gasteiger partial charge in [-0.1, -0.05) is 0 Å². The molecule has 12 N–H and O–H groups in total. The molecule has 0 aromatic heterocycles. The molecule has 0 saturated carbocycles. The summed E-state index contributed by atoms with van der Waals surface area (Å²) in [6, 6.07) is -6.29. The van der Waals surface area contributed by atoms with Gasteiger partial charge in [0.1, 0.15) is 18.1 Å². The van der Waals surface area contributed by atoms with E-state index in [1.807, 2.05) is 10.6 Å². The molecule has 5 amide bonds. The largest absolute Gasteiger partial charge is 0.481 e. The number of aliphatic carboxylic acids is 2. The van der Waals surface area contributed by atoms with E-state index in [0.29, 0.717) is 0 Å². The van der Waals surface area contributed by atoms with E-state index in [-0.39, 0.29) is 25.7 Å². The van der Waals surface area contributed by atoms with E-state index in [9.17, 15) is 38.7 Å². The number of carbonyl (C=O) groups excluding carboxylic acids is 5. The molecular weight excluding hydrogens is 448 g/mol. The van der Waals surface area contributed by atoms with Gasteiger partial charge in [0.05, 0.1) is 19.1 Å². The minimum absolute atomic E-state index is 0.174. The third-order valence-corrected chi connectivity index (χ3v) is 4.16. The van der Waals surface area contributed by atoms with Crippen LogP contribution in [0, 0.1) is 0 Å². The minimum atomic E-state index is -1.72. The summed E-state index contributed by atoms with van der Waals surface area (Å²) < 4.78 is 0. The molecule has 0 bridgehead atoms. The van der Waals surface area contributed by atoms with Crippen LogP contribution in [0.25, 0.3) is 0 Å². The number of carboxylic acid groups (broad SMARTS) is 2. The van der Waals surface area contributed by atoms with Crippen LogP contribution in [-0.4, -0.2) is 87.6 Å². The number of rotatable bonds is 16. The summed E-state index contributed by atoms with van der Waals surface area (Å²) >= 11 is 0. The van der Waals surface area contributed by atoms with Crippen molar-refractivity contribution in [2.24, 2.45) is 17.2 Å². The van der Waals surface area contributed by atoms with Crippen molar-refractivity contribution in [2.45, 2.75) is 56.3 Å². The summed E-state index contributed by atoms with van der Waals surface area (Å²) in [4.78, 5) is 80.7. The Kier molecular flexibility index (Phi) is 12.7. The van der Waals surface area contributed by atoms with E-state index < -0.39 is 78.7 Å². The number of carbonyl (C=O) groups is 7. The number of carboxylic acids is 2. The molecule has 0 aliphatic heterocycles. The second-order valence-corrected chi connectivity index (χ2v) is 6.92. The molecule has 33 heavy (non-hydrogen) atoms. The van der Waals surface area contributed by atoms with E-state index in [1.165, 1.54) is 0 Å². The molecule has 0 fully saturated rings. The Labute approximate surface area is 187 Å². The molecule has 0 heterocycles. The average Bonchev–Trinajstić information content (AvgIpc) is 2.71. The molecule has 4 unspecified atom stereocenters. The molecule has 0 aliphatic carbocycles. The maximum Gasteiger partial charge on any atom is 0.326 e. The van der Waals surface area contributed by atoms with Gasteiger partial charge in [0.2, 0.25) is 29.5 Å². The third-order valence-electron chi connectivity index (χ3n) is 4.16. The summed E-state index contributed by atoms with van der Waals surface area (Å²) in [5.74, 6) is -7.86. The Morgan fingerprint density at radius 2 is 1.15 bits per heavy atom. The monoisotopic (exact) mass is 476 g/mol. The molecule has 0 radical (unpaired) electrons. The quantitative estimate of drug-likeness (QED) is 0.101. The normalized spacial score (nSPS) is 14.1. The lowest BCUT2D eigenvalue weighted by Gasteiger charge is -2.23. The van der Waals surface area contributed by atoms with Gasteiger partial charge in [0.15, 0.2) is 0 Å². The number of aliphatic hydroxyl groups is 1. The first kappa shape index (κ1) is 29.2. The zero-order valence-electron chi connectivity index (χ0n) is 17.5. The number of nitrogens with one attached hydrogen (secondary N) is 3. The average molecular weight is 476 g/mol. The van der Waals surface area contributed by atoms with Crippen molar-refractivity contribution in [3.05, 3.63) is 0 Å². The number of hydrogen-bond donors (Lipinski definition) is 9. The lowest BCUT2D eigenvalue weighted by molar-refractivity contribution is -0.143. The van der Waals surface area contributed by atoms with E-state index >= 15 is 0 Å². The standard InChI is InChI=1S/C17H28N6O10/c18-7(1-3-11(19)25)14(29)22-9(5-13(27)28)15(30)23-10(6-24)16(31)21-8(17(32)33)2-4-12(20)26/h7-10,24H,1-6,18H2,(H2,19,25)(H2,20,26)(H,21,31)(H,22,29)(H,23,30)(H,27,28)(H,32,33). The maximum atomic E-state index is 12.4. The number of amides is 5. The zero-order chi connectivity index (χ0) is 25.7. The highest BCUT2D eigenvalue weighted by molar-refractivity contribution is 5.95. The lowest BCUT2D eigenvalue weighted by Crippen LogP contribution is -2.58. The molecule has 16 heteroatoms. The summed E-state index contributed by atoms with van der Waals surface area (Å²) in [5.41, 5.74) is 15.4. The summed E-state index contributed by atoms with van der Waals surface area (Å²) in [5, 5.41) is 33.6. The molecule has 0 aromatic carbocycles. The van der Waals surface area contributed by atoms with Crippen LogP contribution in [0.15, 0.2) is 0 Å². The maximum absolute atomic E-state index is 12.4. The van der Waals surface area contributed by atoms with Crippen LogP contribution in [0.1, 0.15) is 32.1 Å². The summed E-state index contributed by atoms with van der Waals surface area (Å²) in [6.07, 6.45) is -2.06. The third kappa shape index (κ3) is 12.0. The van der Waals surface area contributed by atoms with Crippen molar-refractivity contribution in [3.63, 3.8) is 0 Å². The van der Waals surface area contributed by atoms with Gasteiger partial charge in [-0.05, 0) is 12.8 Å². The zero-order valence-corrected chi connectivity index (χ0v) is 17.5. The van der Waals surface area contributed by atoms with Gasteiger partial charge in [-0.2, -0.15) is 0 Å². The van der Waals surface area contributed by atoms with Gasteiger partial charge in [0, 0.05) is 12.8 Å². The van der Waals surface area contributed by atoms with Crippen molar-refractivity contribution in [2.75, 3.05) is 6.61 Å². The SMILES string of the molecule is NC(=O)CCC(N)C(=O)NC(CC(=O)O)C(=O)NC(CO)C(=O)NC(CCC(N)=O)C(=O)O. The fraction of sp³-hybridized carbons (Fsp3) is 0.588. The fourth-order valence-corrected chi connectivity index (χ4v) is 2.37. The number of aliphatic hydroxyl groups excluding tert-OH is 1. The Balaban J connectivity index is 5.24. The first-order chi connectivity index (χ1) is 15.3. The Morgan fingerprint density at radius 1 is 0.697 bits per heavy atom. The Bertz CT molecular complexity index is 773. The second-order valence-electron chi connectivity index (χ2n) is 6.92. The van der Waals surface area contributed by atoms with Crippen LogP contribution in [0.5, 0.6) is 0 Å². The van der Waals surface area contributed by atoms with E-state index in [0.717, 1.165) is 0 Å². The van der Waals surface area contributed by atoms with Gasteiger partial charge in [-0.15, -0.1) is 0 Å². The first-order valence-electron chi connectivity index (χ1n) is 9.57. The molecule has 0 aromatic rings. The van der Waals surface area contributed by atoms with Crippen LogP contribution in [0.3, 0.4) is 0 Å². The molecule has 0 aliphatic rings. The lowest BCUT2D eigenvalue weighted by atomic mass is 10.1. The predicted octanol–water partition coefficient (Wildman–Crippen LogP) is -5.15. The number of nitrogens with two attached hydrogens (primary N) is 3. The highest BCUT2D eigenvalue weighted by Crippen LogP contribution is 2.01. The Morgan fingerprint density at radius 3 is 1.61 bits per heavy atom. The predicted molar refractivity (Wildman–Crippen MR) is 108 cm³/mol. The highest BCUT2D eigenvalue weighted by Gasteiger charge is 2.31. The molecule has 0 rings (SSSR count). The molecule has 186 valence electrons. The van der Waals surface area contributed by atoms with Gasteiger partial charge in [-0.3, -0.25) is 28.8 Å². The van der Waals surface area contributed by atoms with Crippen molar-refractivity contribution < 1.29 is 48.9 Å². The molecule has 0 saturated heterocycles. The topological polar surface area (TPSA) is 294 Å². The van der Waals surface area contributed by atoms with E-state index in [2.05, 4.69) is 5.32 Å². The van der Waals surface area contributed by atoms with Gasteiger partial charge in [0.25, 0.3) is 0 Å². The smallest absolute Gasteiger partial charge is 0.326 e. The fourth-order valence-electron chi connectivity index (χ4n) is 2.37. The molecule has 4 atom stereocenters. The summed E-state index contributed by atoms with van der Waals surface area (Å²) in [7, 11) is 0. The van der Waals surface area contributed by atoms with Gasteiger partial charge in [-0.25, -0.2) is 4.79 Å². The molecule has 0 spiro atoms. The first-order valence-corrected chi connectivity index (χ1v) is 9.57. The highest BCUT2D eigenvalue weighted by atomic mass is 16.4. The second kappa shape index (κ2) is 14.3.